The molecule has 0 aliphatic carbocycles. The monoisotopic (exact) mass is 267 g/mol. The Morgan fingerprint density at radius 2 is 2.22 bits per heavy atom. The zero-order chi connectivity index (χ0) is 13.7. The van der Waals surface area contributed by atoms with Gasteiger partial charge in [-0.25, -0.2) is 4.98 Å². The fourth-order valence-corrected chi connectivity index (χ4v) is 2.09. The van der Waals surface area contributed by atoms with E-state index in [1.807, 2.05) is 19.1 Å². The lowest BCUT2D eigenvalue weighted by Gasteiger charge is -2.29. The van der Waals surface area contributed by atoms with Crippen molar-refractivity contribution in [2.45, 2.75) is 26.8 Å². The molecule has 18 heavy (non-hydrogen) atoms. The zero-order valence-electron chi connectivity index (χ0n) is 11.4. The van der Waals surface area contributed by atoms with E-state index in [2.05, 4.69) is 23.7 Å². The molecule has 1 aromatic rings. The number of thiocarbonyl (C=S) groups is 1. The molecule has 2 N–H and O–H groups in total. The average Bonchev–Trinajstić information content (AvgIpc) is 2.29. The number of rotatable bonds is 6. The van der Waals surface area contributed by atoms with Gasteiger partial charge in [0, 0.05) is 24.9 Å². The van der Waals surface area contributed by atoms with Crippen molar-refractivity contribution in [3.8, 4) is 0 Å². The maximum atomic E-state index is 5.69. The topological polar surface area (TPSA) is 51.4 Å². The first-order chi connectivity index (χ1) is 8.49. The molecule has 1 atom stereocenters. The number of hydrogen-bond donors (Lipinski definition) is 1. The van der Waals surface area contributed by atoms with Gasteiger partial charge in [-0.15, -0.1) is 0 Å². The molecule has 1 unspecified atom stereocenters. The van der Waals surface area contributed by atoms with Crippen LogP contribution < -0.4 is 10.6 Å². The Kier molecular flexibility index (Phi) is 5.50. The van der Waals surface area contributed by atoms with Crippen molar-refractivity contribution in [3.05, 3.63) is 23.4 Å². The fraction of sp³-hybridized carbons (Fsp3) is 0.538. The van der Waals surface area contributed by atoms with E-state index in [0.29, 0.717) is 11.6 Å². The lowest BCUT2D eigenvalue weighted by atomic mass is 10.2. The largest absolute Gasteiger partial charge is 0.389 e. The van der Waals surface area contributed by atoms with E-state index in [9.17, 15) is 0 Å². The van der Waals surface area contributed by atoms with Crippen molar-refractivity contribution in [2.75, 3.05) is 25.2 Å². The molecule has 0 spiro atoms. The molecule has 5 heteroatoms. The lowest BCUT2D eigenvalue weighted by Crippen LogP contribution is -2.37. The van der Waals surface area contributed by atoms with Gasteiger partial charge in [0.1, 0.15) is 10.8 Å². The van der Waals surface area contributed by atoms with E-state index in [0.717, 1.165) is 23.6 Å². The summed E-state index contributed by atoms with van der Waals surface area (Å²) in [4.78, 5) is 7.12. The van der Waals surface area contributed by atoms with Crippen LogP contribution in [-0.2, 0) is 4.74 Å². The molecule has 0 aliphatic rings. The molecule has 4 nitrogen and oxygen atoms in total. The molecule has 0 aromatic carbocycles. The van der Waals surface area contributed by atoms with Crippen molar-refractivity contribution >= 4 is 23.0 Å². The van der Waals surface area contributed by atoms with E-state index in [1.165, 1.54) is 0 Å². The smallest absolute Gasteiger partial charge is 0.129 e. The summed E-state index contributed by atoms with van der Waals surface area (Å²) in [5, 5.41) is 0. The quantitative estimate of drug-likeness (QED) is 0.798. The molecule has 0 aliphatic heterocycles. The normalized spacial score (nSPS) is 12.2. The number of nitrogens with zero attached hydrogens (tertiary/aromatic N) is 2. The van der Waals surface area contributed by atoms with E-state index in [4.69, 9.17) is 22.7 Å². The fourth-order valence-electron chi connectivity index (χ4n) is 1.97. The first-order valence-corrected chi connectivity index (χ1v) is 6.44. The highest BCUT2D eigenvalue weighted by atomic mass is 32.1. The van der Waals surface area contributed by atoms with E-state index in [-0.39, 0.29) is 6.04 Å². The number of aromatic nitrogens is 1. The maximum Gasteiger partial charge on any atom is 0.129 e. The number of ether oxygens (including phenoxy) is 1. The van der Waals surface area contributed by atoms with Gasteiger partial charge in [0.05, 0.1) is 12.6 Å². The Morgan fingerprint density at radius 1 is 1.56 bits per heavy atom. The first kappa shape index (κ1) is 14.9. The highest BCUT2D eigenvalue weighted by molar-refractivity contribution is 7.80. The van der Waals surface area contributed by atoms with Gasteiger partial charge in [0.2, 0.25) is 0 Å². The van der Waals surface area contributed by atoms with Crippen molar-refractivity contribution < 1.29 is 4.74 Å². The summed E-state index contributed by atoms with van der Waals surface area (Å²) in [7, 11) is 1.70. The summed E-state index contributed by atoms with van der Waals surface area (Å²) in [6.45, 7) is 7.66. The minimum absolute atomic E-state index is 0.258. The Hall–Kier alpha value is -1.20. The molecule has 1 rings (SSSR count). The van der Waals surface area contributed by atoms with Crippen LogP contribution in [0.4, 0.5) is 5.82 Å². The third kappa shape index (κ3) is 3.65. The Balaban J connectivity index is 3.09. The molecule has 0 saturated carbocycles. The van der Waals surface area contributed by atoms with Crippen LogP contribution in [0.3, 0.4) is 0 Å². The van der Waals surface area contributed by atoms with Crippen LogP contribution in [0.5, 0.6) is 0 Å². The Labute approximate surface area is 114 Å². The van der Waals surface area contributed by atoms with Gasteiger partial charge >= 0.3 is 0 Å². The molecule has 0 saturated heterocycles. The van der Waals surface area contributed by atoms with Crippen LogP contribution in [0.25, 0.3) is 0 Å². The molecule has 0 amide bonds. The number of aryl methyl sites for hydroxylation is 1. The van der Waals surface area contributed by atoms with Gasteiger partial charge in [-0.3, -0.25) is 0 Å². The minimum Gasteiger partial charge on any atom is -0.389 e. The molecule has 0 fully saturated rings. The highest BCUT2D eigenvalue weighted by Crippen LogP contribution is 2.17. The molecule has 1 aromatic heterocycles. The summed E-state index contributed by atoms with van der Waals surface area (Å²) in [5.41, 5.74) is 7.46. The van der Waals surface area contributed by atoms with Gasteiger partial charge in [-0.2, -0.15) is 0 Å². The average molecular weight is 267 g/mol. The second kappa shape index (κ2) is 6.66. The van der Waals surface area contributed by atoms with Crippen LogP contribution in [0.15, 0.2) is 12.1 Å². The number of hydrogen-bond acceptors (Lipinski definition) is 4. The summed E-state index contributed by atoms with van der Waals surface area (Å²) in [6.07, 6.45) is 0. The molecule has 100 valence electrons. The standard InChI is InChI=1S/C13H21N3OS/c1-5-16(10(3)8-17-4)12-7-11(13(14)18)6-9(2)15-12/h6-7,10H,5,8H2,1-4H3,(H2,14,18). The van der Waals surface area contributed by atoms with E-state index >= 15 is 0 Å². The predicted molar refractivity (Wildman–Crippen MR) is 79.2 cm³/mol. The SMILES string of the molecule is CCN(c1cc(C(N)=S)cc(C)n1)C(C)COC. The Bertz CT molecular complexity index is 423. The molecule has 1 heterocycles. The van der Waals surface area contributed by atoms with Crippen molar-refractivity contribution in [2.24, 2.45) is 5.73 Å². The van der Waals surface area contributed by atoms with Gasteiger partial charge < -0.3 is 15.4 Å². The molecular formula is C13H21N3OS. The third-order valence-corrected chi connectivity index (χ3v) is 3.03. The van der Waals surface area contributed by atoms with Gasteiger partial charge in [-0.1, -0.05) is 12.2 Å². The van der Waals surface area contributed by atoms with Crippen LogP contribution in [0, 0.1) is 6.92 Å². The Morgan fingerprint density at radius 3 is 2.72 bits per heavy atom. The van der Waals surface area contributed by atoms with Gasteiger partial charge in [0.25, 0.3) is 0 Å². The highest BCUT2D eigenvalue weighted by Gasteiger charge is 2.15. The van der Waals surface area contributed by atoms with Gasteiger partial charge in [-0.05, 0) is 32.9 Å². The second-order valence-electron chi connectivity index (χ2n) is 4.31. The number of nitrogens with two attached hydrogens (primary N) is 1. The summed E-state index contributed by atoms with van der Waals surface area (Å²) < 4.78 is 5.20. The zero-order valence-corrected chi connectivity index (χ0v) is 12.3. The van der Waals surface area contributed by atoms with Crippen LogP contribution >= 0.6 is 12.2 Å². The lowest BCUT2D eigenvalue weighted by molar-refractivity contribution is 0.181. The van der Waals surface area contributed by atoms with Crippen molar-refractivity contribution in [1.82, 2.24) is 4.98 Å². The summed E-state index contributed by atoms with van der Waals surface area (Å²) in [6, 6.07) is 4.10. The van der Waals surface area contributed by atoms with Gasteiger partial charge in [0.15, 0.2) is 0 Å². The molecular weight excluding hydrogens is 246 g/mol. The number of pyridine rings is 1. The van der Waals surface area contributed by atoms with Crippen LogP contribution in [-0.4, -0.2) is 36.3 Å². The first-order valence-electron chi connectivity index (χ1n) is 6.03. The maximum absolute atomic E-state index is 5.69. The molecule has 0 bridgehead atoms. The van der Waals surface area contributed by atoms with Crippen molar-refractivity contribution in [1.29, 1.82) is 0 Å². The summed E-state index contributed by atoms with van der Waals surface area (Å²) >= 11 is 5.03. The third-order valence-electron chi connectivity index (χ3n) is 2.80. The van der Waals surface area contributed by atoms with E-state index < -0.39 is 0 Å². The minimum atomic E-state index is 0.258. The summed E-state index contributed by atoms with van der Waals surface area (Å²) in [5.74, 6) is 0.893. The van der Waals surface area contributed by atoms with Crippen molar-refractivity contribution in [3.63, 3.8) is 0 Å². The second-order valence-corrected chi connectivity index (χ2v) is 4.75. The number of anilines is 1. The van der Waals surface area contributed by atoms with Crippen LogP contribution in [0.2, 0.25) is 0 Å². The predicted octanol–water partition coefficient (Wildman–Crippen LogP) is 1.89. The van der Waals surface area contributed by atoms with E-state index in [1.54, 1.807) is 7.11 Å². The number of likely N-dealkylation sites (N-methyl/N-ethyl adjacent to an activating group) is 1. The van der Waals surface area contributed by atoms with Crippen LogP contribution in [0.1, 0.15) is 25.1 Å². The number of methoxy groups -OCH3 is 1. The molecule has 0 radical (unpaired) electrons.